The molecule has 3 N–H and O–H groups in total. The molecule has 4 amide bonds. The van der Waals surface area contributed by atoms with Crippen molar-refractivity contribution >= 4 is 24.4 Å². The van der Waals surface area contributed by atoms with Gasteiger partial charge >= 0.3 is 24.4 Å². The SMILES string of the molecule is NCCN(CCN(CCN(CCCNC(=O)OCc1ccccc1)C(=O)OCc1ccccc1)C(=O)OCc1ccccc1)C(=O)OCc1ccccc1. The van der Waals surface area contributed by atoms with Gasteiger partial charge in [0.25, 0.3) is 0 Å². The van der Waals surface area contributed by atoms with E-state index in [2.05, 4.69) is 5.32 Å². The Morgan fingerprint density at radius 2 is 0.759 bits per heavy atom. The van der Waals surface area contributed by atoms with Gasteiger partial charge < -0.3 is 44.7 Å². The van der Waals surface area contributed by atoms with Crippen LogP contribution in [0.3, 0.4) is 0 Å². The van der Waals surface area contributed by atoms with Crippen molar-refractivity contribution in [2.24, 2.45) is 5.73 Å². The van der Waals surface area contributed by atoms with E-state index < -0.39 is 24.4 Å². The molecule has 0 saturated heterocycles. The number of nitrogens with two attached hydrogens (primary N) is 1. The second-order valence-corrected chi connectivity index (χ2v) is 12.2. The van der Waals surface area contributed by atoms with Crippen molar-refractivity contribution in [3.8, 4) is 0 Å². The molecule has 286 valence electrons. The standard InChI is InChI=1S/C41H49N5O8/c42-22-25-45(40(49)53-32-36-18-9-3-10-19-36)27-29-46(41(50)54-33-37-20-11-4-12-21-37)28-26-44(39(48)52-31-35-16-7-2-8-17-35)24-13-23-43-38(47)51-30-34-14-5-1-6-15-34/h1-12,14-21H,13,22-33,42H2,(H,43,47). The predicted molar refractivity (Wildman–Crippen MR) is 203 cm³/mol. The first-order valence-corrected chi connectivity index (χ1v) is 17.9. The van der Waals surface area contributed by atoms with E-state index in [4.69, 9.17) is 24.7 Å². The zero-order valence-electron chi connectivity index (χ0n) is 30.4. The number of hydrogen-bond acceptors (Lipinski definition) is 9. The van der Waals surface area contributed by atoms with Crippen LogP contribution < -0.4 is 11.1 Å². The molecule has 0 bridgehead atoms. The number of carbonyl (C=O) groups is 4. The maximum Gasteiger partial charge on any atom is 0.410 e. The molecule has 4 aromatic rings. The van der Waals surface area contributed by atoms with Crippen molar-refractivity contribution in [3.05, 3.63) is 144 Å². The second kappa shape index (κ2) is 23.5. The average Bonchev–Trinajstić information content (AvgIpc) is 3.22. The molecule has 0 radical (unpaired) electrons. The first-order chi connectivity index (χ1) is 26.4. The third-order valence-corrected chi connectivity index (χ3v) is 8.16. The second-order valence-electron chi connectivity index (χ2n) is 12.2. The molecule has 4 rings (SSSR count). The molecular weight excluding hydrogens is 690 g/mol. The molecule has 0 heterocycles. The summed E-state index contributed by atoms with van der Waals surface area (Å²) in [5, 5.41) is 2.71. The topological polar surface area (TPSA) is 153 Å². The molecule has 0 unspecified atom stereocenters. The van der Waals surface area contributed by atoms with Gasteiger partial charge in [-0.3, -0.25) is 0 Å². The monoisotopic (exact) mass is 739 g/mol. The fraction of sp³-hybridized carbons (Fsp3) is 0.317. The van der Waals surface area contributed by atoms with E-state index in [1.54, 1.807) is 0 Å². The third-order valence-electron chi connectivity index (χ3n) is 8.16. The summed E-state index contributed by atoms with van der Waals surface area (Å²) >= 11 is 0. The summed E-state index contributed by atoms with van der Waals surface area (Å²) < 4.78 is 22.1. The van der Waals surface area contributed by atoms with Crippen LogP contribution in [0.2, 0.25) is 0 Å². The molecule has 0 aliphatic heterocycles. The largest absolute Gasteiger partial charge is 0.445 e. The van der Waals surface area contributed by atoms with Crippen LogP contribution in [0.4, 0.5) is 19.2 Å². The Labute approximate surface area is 316 Å². The molecule has 0 fully saturated rings. The highest BCUT2D eigenvalue weighted by atomic mass is 16.6. The van der Waals surface area contributed by atoms with E-state index in [9.17, 15) is 19.2 Å². The van der Waals surface area contributed by atoms with Gasteiger partial charge in [-0.1, -0.05) is 121 Å². The summed E-state index contributed by atoms with van der Waals surface area (Å²) in [5.74, 6) is 0. The van der Waals surface area contributed by atoms with E-state index >= 15 is 0 Å². The van der Waals surface area contributed by atoms with Crippen molar-refractivity contribution < 1.29 is 38.1 Å². The van der Waals surface area contributed by atoms with Gasteiger partial charge in [-0.25, -0.2) is 19.2 Å². The summed E-state index contributed by atoms with van der Waals surface area (Å²) in [4.78, 5) is 56.6. The number of ether oxygens (including phenoxy) is 4. The molecule has 13 nitrogen and oxygen atoms in total. The van der Waals surface area contributed by atoms with Gasteiger partial charge in [0.1, 0.15) is 26.4 Å². The van der Waals surface area contributed by atoms with Crippen LogP contribution in [0.25, 0.3) is 0 Å². The fourth-order valence-corrected chi connectivity index (χ4v) is 5.19. The van der Waals surface area contributed by atoms with Crippen molar-refractivity contribution in [3.63, 3.8) is 0 Å². The zero-order valence-corrected chi connectivity index (χ0v) is 30.4. The smallest absolute Gasteiger partial charge is 0.410 e. The minimum absolute atomic E-state index is 0.0384. The van der Waals surface area contributed by atoms with Gasteiger partial charge in [-0.15, -0.1) is 0 Å². The van der Waals surface area contributed by atoms with E-state index in [0.717, 1.165) is 22.3 Å². The summed E-state index contributed by atoms with van der Waals surface area (Å²) in [6.07, 6.45) is -1.96. The highest BCUT2D eigenvalue weighted by Gasteiger charge is 2.23. The van der Waals surface area contributed by atoms with Gasteiger partial charge in [-0.2, -0.15) is 0 Å². The zero-order chi connectivity index (χ0) is 38.2. The van der Waals surface area contributed by atoms with Crippen molar-refractivity contribution in [1.82, 2.24) is 20.0 Å². The maximum atomic E-state index is 13.5. The first-order valence-electron chi connectivity index (χ1n) is 17.9. The number of carbonyl (C=O) groups excluding carboxylic acids is 4. The van der Waals surface area contributed by atoms with Crippen LogP contribution in [-0.4, -0.2) is 91.4 Å². The first kappa shape index (κ1) is 40.7. The number of nitrogens with zero attached hydrogens (tertiary/aromatic N) is 3. The Morgan fingerprint density at radius 1 is 0.444 bits per heavy atom. The molecule has 0 aromatic heterocycles. The summed E-state index contributed by atoms with van der Waals surface area (Å²) in [5.41, 5.74) is 9.15. The predicted octanol–water partition coefficient (Wildman–Crippen LogP) is 6.18. The lowest BCUT2D eigenvalue weighted by Crippen LogP contribution is -2.46. The Morgan fingerprint density at radius 3 is 1.11 bits per heavy atom. The van der Waals surface area contributed by atoms with Crippen molar-refractivity contribution in [2.45, 2.75) is 32.8 Å². The van der Waals surface area contributed by atoms with Gasteiger partial charge in [0.15, 0.2) is 0 Å². The number of benzene rings is 4. The number of rotatable bonds is 20. The van der Waals surface area contributed by atoms with Gasteiger partial charge in [0.05, 0.1) is 0 Å². The van der Waals surface area contributed by atoms with E-state index in [1.807, 2.05) is 121 Å². The number of alkyl carbamates (subject to hydrolysis) is 1. The number of amides is 4. The lowest BCUT2D eigenvalue weighted by Gasteiger charge is -2.29. The Hall–Kier alpha value is -6.08. The highest BCUT2D eigenvalue weighted by Crippen LogP contribution is 2.09. The molecule has 13 heteroatoms. The average molecular weight is 740 g/mol. The lowest BCUT2D eigenvalue weighted by atomic mass is 10.2. The molecule has 0 saturated carbocycles. The van der Waals surface area contributed by atoms with Gasteiger partial charge in [0.2, 0.25) is 0 Å². The molecule has 0 spiro atoms. The third kappa shape index (κ3) is 15.3. The quantitative estimate of drug-likeness (QED) is 0.0800. The van der Waals surface area contributed by atoms with Crippen molar-refractivity contribution in [2.75, 3.05) is 52.4 Å². The van der Waals surface area contributed by atoms with Crippen molar-refractivity contribution in [1.29, 1.82) is 0 Å². The van der Waals surface area contributed by atoms with Gasteiger partial charge in [0, 0.05) is 52.4 Å². The Bertz CT molecular complexity index is 1680. The van der Waals surface area contributed by atoms with Crippen LogP contribution in [0, 0.1) is 0 Å². The Balaban J connectivity index is 1.38. The molecule has 0 aliphatic carbocycles. The van der Waals surface area contributed by atoms with Crippen LogP contribution in [0.1, 0.15) is 28.7 Å². The number of hydrogen-bond donors (Lipinski definition) is 2. The molecular formula is C41H49N5O8. The Kier molecular flexibility index (Phi) is 17.7. The molecule has 4 aromatic carbocycles. The summed E-state index contributed by atoms with van der Waals surface area (Å²) in [6.45, 7) is 1.50. The minimum atomic E-state index is -0.621. The van der Waals surface area contributed by atoms with Crippen LogP contribution in [-0.2, 0) is 45.4 Å². The normalized spacial score (nSPS) is 10.5. The van der Waals surface area contributed by atoms with Crippen LogP contribution in [0.5, 0.6) is 0 Å². The van der Waals surface area contributed by atoms with E-state index in [0.29, 0.717) is 6.42 Å². The van der Waals surface area contributed by atoms with E-state index in [1.165, 1.54) is 14.7 Å². The van der Waals surface area contributed by atoms with Crippen LogP contribution in [0.15, 0.2) is 121 Å². The lowest BCUT2D eigenvalue weighted by molar-refractivity contribution is 0.0703. The van der Waals surface area contributed by atoms with Gasteiger partial charge in [-0.05, 0) is 28.7 Å². The summed E-state index contributed by atoms with van der Waals surface area (Å²) in [6, 6.07) is 37.2. The summed E-state index contributed by atoms with van der Waals surface area (Å²) in [7, 11) is 0. The molecule has 0 atom stereocenters. The maximum absolute atomic E-state index is 13.5. The molecule has 54 heavy (non-hydrogen) atoms. The highest BCUT2D eigenvalue weighted by molar-refractivity contribution is 5.70. The number of nitrogens with one attached hydrogen (secondary N) is 1. The van der Waals surface area contributed by atoms with Crippen LogP contribution >= 0.6 is 0 Å². The fourth-order valence-electron chi connectivity index (χ4n) is 5.19. The van der Waals surface area contributed by atoms with E-state index in [-0.39, 0.29) is 78.8 Å². The molecule has 0 aliphatic rings. The minimum Gasteiger partial charge on any atom is -0.445 e.